The van der Waals surface area contributed by atoms with Crippen LogP contribution in [0.1, 0.15) is 65.2 Å². The molecule has 4 rings (SSSR count). The van der Waals surface area contributed by atoms with Crippen LogP contribution in [0.25, 0.3) is 0 Å². The maximum atomic E-state index is 12.4. The van der Waals surface area contributed by atoms with Crippen molar-refractivity contribution >= 4 is 16.2 Å². The van der Waals surface area contributed by atoms with E-state index in [9.17, 15) is 13.2 Å². The van der Waals surface area contributed by atoms with E-state index in [2.05, 4.69) is 19.9 Å². The number of ketones is 1. The van der Waals surface area contributed by atoms with Crippen molar-refractivity contribution in [3.63, 3.8) is 0 Å². The third-order valence-corrected chi connectivity index (χ3v) is 8.54. The van der Waals surface area contributed by atoms with E-state index in [1.54, 1.807) is 0 Å². The first kappa shape index (κ1) is 17.7. The molecule has 4 aliphatic carbocycles. The number of carbonyl (C=O) groups is 1. The Morgan fingerprint density at radius 3 is 2.52 bits per heavy atom. The van der Waals surface area contributed by atoms with Crippen molar-refractivity contribution in [1.82, 2.24) is 0 Å². The van der Waals surface area contributed by atoms with Crippen LogP contribution in [0.3, 0.4) is 0 Å². The summed E-state index contributed by atoms with van der Waals surface area (Å²) in [6.07, 6.45) is 8.79. The van der Waals surface area contributed by atoms with Gasteiger partial charge in [0.15, 0.2) is 0 Å². The molecule has 0 spiro atoms. The number of carbonyl (C=O) groups excluding carboxylic acids is 1. The Kier molecular flexibility index (Phi) is 3.99. The second kappa shape index (κ2) is 5.64. The molecule has 6 atom stereocenters. The molecule has 1 N–H and O–H groups in total. The van der Waals surface area contributed by atoms with Crippen LogP contribution in [-0.4, -0.2) is 24.9 Å². The van der Waals surface area contributed by atoms with E-state index < -0.39 is 16.5 Å². The van der Waals surface area contributed by atoms with E-state index >= 15 is 0 Å². The maximum Gasteiger partial charge on any atom is 0.397 e. The lowest BCUT2D eigenvalue weighted by atomic mass is 9.48. The smallest absolute Gasteiger partial charge is 0.299 e. The van der Waals surface area contributed by atoms with Gasteiger partial charge in [0.05, 0.1) is 6.10 Å². The van der Waals surface area contributed by atoms with Crippen molar-refractivity contribution in [2.75, 3.05) is 0 Å². The zero-order valence-electron chi connectivity index (χ0n) is 15.0. The number of rotatable bonds is 2. The molecule has 0 radical (unpaired) electrons. The summed E-state index contributed by atoms with van der Waals surface area (Å²) in [6, 6.07) is 0. The molecule has 0 aromatic carbocycles. The predicted molar refractivity (Wildman–Crippen MR) is 93.1 cm³/mol. The highest BCUT2D eigenvalue weighted by Crippen LogP contribution is 2.64. The Morgan fingerprint density at radius 1 is 1.12 bits per heavy atom. The molecule has 0 bridgehead atoms. The summed E-state index contributed by atoms with van der Waals surface area (Å²) in [4.78, 5) is 12.4. The lowest BCUT2D eigenvalue weighted by molar-refractivity contribution is -0.131. The summed E-state index contributed by atoms with van der Waals surface area (Å²) in [6.45, 7) is 4.50. The molecule has 0 heterocycles. The molecule has 0 aliphatic heterocycles. The Balaban J connectivity index is 1.59. The Bertz CT molecular complexity index is 726. The summed E-state index contributed by atoms with van der Waals surface area (Å²) in [7, 11) is -4.40. The fraction of sp³-hybridized carbons (Fsp3) is 0.842. The molecule has 140 valence electrons. The zero-order chi connectivity index (χ0) is 18.0. The highest BCUT2D eigenvalue weighted by atomic mass is 32.3. The van der Waals surface area contributed by atoms with Crippen molar-refractivity contribution in [2.24, 2.45) is 28.6 Å². The Labute approximate surface area is 150 Å². The van der Waals surface area contributed by atoms with Crippen LogP contribution in [0.4, 0.5) is 0 Å². The molecule has 0 saturated heterocycles. The second-order valence-corrected chi connectivity index (χ2v) is 10.1. The van der Waals surface area contributed by atoms with Crippen LogP contribution in [0.5, 0.6) is 0 Å². The van der Waals surface area contributed by atoms with E-state index in [0.29, 0.717) is 36.4 Å². The van der Waals surface area contributed by atoms with Gasteiger partial charge in [-0.05, 0) is 68.1 Å². The molecular weight excluding hydrogens is 340 g/mol. The first-order chi connectivity index (χ1) is 11.6. The van der Waals surface area contributed by atoms with Crippen LogP contribution in [0, 0.1) is 28.6 Å². The fourth-order valence-corrected chi connectivity index (χ4v) is 7.16. The second-order valence-electron chi connectivity index (χ2n) is 9.07. The molecule has 0 aromatic rings. The summed E-state index contributed by atoms with van der Waals surface area (Å²) in [5.41, 5.74) is 1.25. The topological polar surface area (TPSA) is 80.7 Å². The Morgan fingerprint density at radius 2 is 1.80 bits per heavy atom. The van der Waals surface area contributed by atoms with E-state index in [1.165, 1.54) is 5.57 Å². The first-order valence-corrected chi connectivity index (χ1v) is 10.9. The fourth-order valence-electron chi connectivity index (χ4n) is 6.65. The first-order valence-electron chi connectivity index (χ1n) is 9.52. The van der Waals surface area contributed by atoms with Gasteiger partial charge in [0, 0.05) is 11.8 Å². The van der Waals surface area contributed by atoms with E-state index in [-0.39, 0.29) is 10.8 Å². The van der Waals surface area contributed by atoms with Crippen LogP contribution in [-0.2, 0) is 19.4 Å². The summed E-state index contributed by atoms with van der Waals surface area (Å²) in [5.74, 6) is 2.10. The van der Waals surface area contributed by atoms with Gasteiger partial charge in [-0.2, -0.15) is 8.42 Å². The monoisotopic (exact) mass is 368 g/mol. The lowest BCUT2D eigenvalue weighted by Crippen LogP contribution is -2.50. The summed E-state index contributed by atoms with van der Waals surface area (Å²) >= 11 is 0. The summed E-state index contributed by atoms with van der Waals surface area (Å²) in [5, 5.41) is 0. The molecule has 0 aromatic heterocycles. The van der Waals surface area contributed by atoms with Gasteiger partial charge in [0.2, 0.25) is 0 Å². The van der Waals surface area contributed by atoms with Crippen LogP contribution < -0.4 is 0 Å². The SMILES string of the molecule is C[C@]12CC[C@H](OS(=O)(=O)O)CC1=CCC1C2CC[C@]2(C)C(=O)CC[C@@H]12. The van der Waals surface area contributed by atoms with Gasteiger partial charge in [0.25, 0.3) is 0 Å². The molecule has 2 unspecified atom stereocenters. The summed E-state index contributed by atoms with van der Waals surface area (Å²) < 4.78 is 35.9. The van der Waals surface area contributed by atoms with Gasteiger partial charge in [0.1, 0.15) is 5.78 Å². The number of allylic oxidation sites excluding steroid dienone is 1. The third-order valence-electron chi connectivity index (χ3n) is 8.03. The van der Waals surface area contributed by atoms with Gasteiger partial charge in [-0.15, -0.1) is 0 Å². The molecule has 3 fully saturated rings. The minimum absolute atomic E-state index is 0.0783. The molecule has 3 saturated carbocycles. The molecule has 6 heteroatoms. The lowest BCUT2D eigenvalue weighted by Gasteiger charge is -2.56. The van der Waals surface area contributed by atoms with Crippen molar-refractivity contribution in [3.8, 4) is 0 Å². The van der Waals surface area contributed by atoms with Crippen molar-refractivity contribution in [1.29, 1.82) is 0 Å². The standard InChI is InChI=1S/C19H28O5S/c1-18-9-7-13(24-25(21,22)23)11-12(18)3-4-14-15-5-6-17(20)19(15,2)10-8-16(14)18/h3,13-16H,4-11H2,1-2H3,(H,21,22,23)/t13-,14?,15-,16?,18-,19-/m0/s1. The number of hydrogen-bond donors (Lipinski definition) is 1. The van der Waals surface area contributed by atoms with Crippen molar-refractivity contribution in [2.45, 2.75) is 71.3 Å². The average molecular weight is 368 g/mol. The van der Waals surface area contributed by atoms with E-state index in [1.807, 2.05) is 0 Å². The molecular formula is C19H28O5S. The maximum absolute atomic E-state index is 12.4. The predicted octanol–water partition coefficient (Wildman–Crippen LogP) is 3.71. The highest BCUT2D eigenvalue weighted by Gasteiger charge is 2.58. The zero-order valence-corrected chi connectivity index (χ0v) is 15.8. The minimum atomic E-state index is -4.40. The number of fused-ring (bicyclic) bond motifs is 5. The average Bonchev–Trinajstić information content (AvgIpc) is 2.82. The third kappa shape index (κ3) is 2.72. The quantitative estimate of drug-likeness (QED) is 0.594. The molecule has 25 heavy (non-hydrogen) atoms. The Hall–Kier alpha value is -0.720. The van der Waals surface area contributed by atoms with Crippen molar-refractivity contribution < 1.29 is 21.9 Å². The van der Waals surface area contributed by atoms with Gasteiger partial charge < -0.3 is 0 Å². The van der Waals surface area contributed by atoms with Crippen molar-refractivity contribution in [3.05, 3.63) is 11.6 Å². The number of hydrogen-bond acceptors (Lipinski definition) is 4. The largest absolute Gasteiger partial charge is 0.397 e. The van der Waals surface area contributed by atoms with Gasteiger partial charge >= 0.3 is 10.4 Å². The van der Waals surface area contributed by atoms with Crippen LogP contribution >= 0.6 is 0 Å². The van der Waals surface area contributed by atoms with E-state index in [4.69, 9.17) is 8.74 Å². The number of Topliss-reactive ketones (excluding diaryl/α,β-unsaturated/α-hetero) is 1. The van der Waals surface area contributed by atoms with Crippen LogP contribution in [0.2, 0.25) is 0 Å². The van der Waals surface area contributed by atoms with Gasteiger partial charge in [-0.1, -0.05) is 25.5 Å². The van der Waals surface area contributed by atoms with Gasteiger partial charge in [-0.25, -0.2) is 4.18 Å². The van der Waals surface area contributed by atoms with Gasteiger partial charge in [-0.3, -0.25) is 9.35 Å². The molecule has 5 nitrogen and oxygen atoms in total. The minimum Gasteiger partial charge on any atom is -0.299 e. The molecule has 4 aliphatic rings. The van der Waals surface area contributed by atoms with Crippen LogP contribution in [0.15, 0.2) is 11.6 Å². The highest BCUT2D eigenvalue weighted by molar-refractivity contribution is 7.80. The van der Waals surface area contributed by atoms with E-state index in [0.717, 1.165) is 38.5 Å². The normalized spacial score (nSPS) is 46.8. The molecule has 0 amide bonds.